The molecule has 236 valence electrons. The number of fused-ring (bicyclic) bond motifs is 7. The van der Waals surface area contributed by atoms with E-state index < -0.39 is 0 Å². The molecule has 4 saturated carbocycles. The Morgan fingerprint density at radius 2 is 1.61 bits per heavy atom. The van der Waals surface area contributed by atoms with Crippen LogP contribution in [-0.2, 0) is 4.74 Å². The Morgan fingerprint density at radius 1 is 0.932 bits per heavy atom. The second-order valence-corrected chi connectivity index (χ2v) is 15.3. The third-order valence-electron chi connectivity index (χ3n) is 13.3. The van der Waals surface area contributed by atoms with Crippen LogP contribution in [0.3, 0.4) is 0 Å². The highest BCUT2D eigenvalue weighted by atomic mass is 16.5. The lowest BCUT2D eigenvalue weighted by atomic mass is 9.43. The van der Waals surface area contributed by atoms with E-state index in [0.29, 0.717) is 41.8 Å². The van der Waals surface area contributed by atoms with Crippen LogP contribution in [0.25, 0.3) is 21.8 Å². The summed E-state index contributed by atoms with van der Waals surface area (Å²) in [5, 5.41) is 35.4. The summed E-state index contributed by atoms with van der Waals surface area (Å²) in [5.74, 6) is 1.64. The summed E-state index contributed by atoms with van der Waals surface area (Å²) in [7, 11) is 0. The molecule has 0 saturated heterocycles. The Labute approximate surface area is 261 Å². The van der Waals surface area contributed by atoms with Gasteiger partial charge in [-0.25, -0.2) is 9.78 Å². The Balaban J connectivity index is 1.02. The minimum Gasteiger partial charge on any atom is -0.462 e. The van der Waals surface area contributed by atoms with Gasteiger partial charge in [0, 0.05) is 10.8 Å². The molecule has 0 amide bonds. The molecule has 2 aromatic carbocycles. The summed E-state index contributed by atoms with van der Waals surface area (Å²) in [6.45, 7) is 7.35. The molecular weight excluding hydrogens is 550 g/mol. The highest BCUT2D eigenvalue weighted by molar-refractivity contribution is 6.14. The molecule has 11 atom stereocenters. The first-order valence-electron chi connectivity index (χ1n) is 17.1. The van der Waals surface area contributed by atoms with E-state index in [1.54, 1.807) is 0 Å². The number of carbonyl (C=O) groups is 1. The van der Waals surface area contributed by atoms with Crippen LogP contribution < -0.4 is 0 Å². The molecule has 1 aromatic heterocycles. The monoisotopic (exact) mass is 599 g/mol. The number of para-hydroxylation sites is 2. The van der Waals surface area contributed by atoms with Gasteiger partial charge in [-0.3, -0.25) is 0 Å². The second kappa shape index (κ2) is 11.4. The van der Waals surface area contributed by atoms with Crippen molar-refractivity contribution in [2.24, 2.45) is 46.3 Å². The minimum absolute atomic E-state index is 0.0878. The number of rotatable bonds is 6. The summed E-state index contributed by atoms with van der Waals surface area (Å²) < 4.78 is 5.90. The highest BCUT2D eigenvalue weighted by Crippen LogP contribution is 2.68. The van der Waals surface area contributed by atoms with Crippen LogP contribution in [0.15, 0.2) is 48.5 Å². The van der Waals surface area contributed by atoms with Crippen molar-refractivity contribution in [1.29, 1.82) is 0 Å². The fraction of sp³-hybridized carbons (Fsp3) is 0.632. The van der Waals surface area contributed by atoms with Crippen LogP contribution in [-0.4, -0.2) is 51.2 Å². The largest absolute Gasteiger partial charge is 0.462 e. The van der Waals surface area contributed by atoms with Crippen molar-refractivity contribution in [1.82, 2.24) is 4.98 Å². The molecule has 0 radical (unpaired) electrons. The number of pyridine rings is 1. The standard InChI is InChI=1S/C38H49NO5/c1-22(9-8-18-44-36(43)34-25-10-4-6-12-30(25)39-31-13-7-5-11-26(31)34)27-14-15-28-35-29(21-33(42)38(27,28)3)37(2)17-16-24(40)19-23(37)20-32(35)41/h4-7,10-13,22-24,27-29,32-33,35,40-42H,8-9,14-21H2,1-3H3/t22?,23?,24-,27-,28?,29?,32?,33+,35?,37+,38-/m1/s1. The number of ether oxygens (including phenoxy) is 1. The van der Waals surface area contributed by atoms with Crippen LogP contribution >= 0.6 is 0 Å². The zero-order valence-electron chi connectivity index (χ0n) is 26.5. The van der Waals surface area contributed by atoms with Crippen LogP contribution in [0.4, 0.5) is 0 Å². The zero-order valence-corrected chi connectivity index (χ0v) is 26.5. The molecule has 6 nitrogen and oxygen atoms in total. The number of aliphatic hydroxyl groups excluding tert-OH is 3. The third-order valence-corrected chi connectivity index (χ3v) is 13.3. The van der Waals surface area contributed by atoms with Gasteiger partial charge < -0.3 is 20.1 Å². The number of hydrogen-bond donors (Lipinski definition) is 3. The van der Waals surface area contributed by atoms with Crippen molar-refractivity contribution in [2.75, 3.05) is 6.61 Å². The van der Waals surface area contributed by atoms with E-state index in [4.69, 9.17) is 9.72 Å². The molecule has 1 heterocycles. The quantitative estimate of drug-likeness (QED) is 0.162. The maximum Gasteiger partial charge on any atom is 0.339 e. The Morgan fingerprint density at radius 3 is 2.32 bits per heavy atom. The molecule has 4 aliphatic rings. The summed E-state index contributed by atoms with van der Waals surface area (Å²) in [4.78, 5) is 18.2. The molecule has 6 unspecified atom stereocenters. The number of aromatic nitrogens is 1. The first-order valence-corrected chi connectivity index (χ1v) is 17.1. The van der Waals surface area contributed by atoms with E-state index in [-0.39, 0.29) is 41.0 Å². The second-order valence-electron chi connectivity index (χ2n) is 15.3. The average Bonchev–Trinajstić information content (AvgIpc) is 3.37. The van der Waals surface area contributed by atoms with E-state index in [9.17, 15) is 20.1 Å². The van der Waals surface area contributed by atoms with Gasteiger partial charge in [0.1, 0.15) is 0 Å². The first kappa shape index (κ1) is 30.1. The van der Waals surface area contributed by atoms with Gasteiger partial charge in [-0.1, -0.05) is 57.2 Å². The van der Waals surface area contributed by atoms with Gasteiger partial charge in [-0.2, -0.15) is 0 Å². The van der Waals surface area contributed by atoms with E-state index in [2.05, 4.69) is 20.8 Å². The molecule has 0 spiro atoms. The van der Waals surface area contributed by atoms with Gasteiger partial charge in [0.2, 0.25) is 0 Å². The first-order chi connectivity index (χ1) is 21.1. The number of aliphatic hydroxyl groups is 3. The van der Waals surface area contributed by atoms with Gasteiger partial charge in [0.15, 0.2) is 0 Å². The maximum absolute atomic E-state index is 13.4. The molecule has 3 aromatic rings. The molecule has 4 fully saturated rings. The molecule has 0 bridgehead atoms. The van der Waals surface area contributed by atoms with Crippen molar-refractivity contribution < 1.29 is 24.9 Å². The zero-order chi connectivity index (χ0) is 30.8. The summed E-state index contributed by atoms with van der Waals surface area (Å²) >= 11 is 0. The lowest BCUT2D eigenvalue weighted by molar-refractivity contribution is -0.207. The van der Waals surface area contributed by atoms with Crippen molar-refractivity contribution >= 4 is 27.8 Å². The Bertz CT molecular complexity index is 1490. The molecular formula is C38H49NO5. The number of nitrogens with zero attached hydrogens (tertiary/aromatic N) is 1. The van der Waals surface area contributed by atoms with E-state index in [1.165, 1.54) is 0 Å². The van der Waals surface area contributed by atoms with Crippen molar-refractivity contribution in [2.45, 2.75) is 96.9 Å². The minimum atomic E-state index is -0.385. The number of benzene rings is 2. The van der Waals surface area contributed by atoms with Gasteiger partial charge in [-0.15, -0.1) is 0 Å². The Hall–Kier alpha value is -2.54. The molecule has 3 N–H and O–H groups in total. The number of hydrogen-bond acceptors (Lipinski definition) is 6. The van der Waals surface area contributed by atoms with Gasteiger partial charge in [-0.05, 0) is 116 Å². The molecule has 44 heavy (non-hydrogen) atoms. The summed E-state index contributed by atoms with van der Waals surface area (Å²) in [6.07, 6.45) is 6.99. The van der Waals surface area contributed by atoms with E-state index in [1.807, 2.05) is 48.5 Å². The SMILES string of the molecule is CC(CCCOC(=O)c1c2ccccc2nc2ccccc12)[C@H]1CCC2C3C(O)CC4C[C@H](O)CC[C@]4(C)C3C[C@H](O)[C@@]21C. The fourth-order valence-electron chi connectivity index (χ4n) is 11.0. The van der Waals surface area contributed by atoms with Crippen LogP contribution in [0, 0.1) is 46.3 Å². The summed E-state index contributed by atoms with van der Waals surface area (Å²) in [5.41, 5.74) is 2.03. The van der Waals surface area contributed by atoms with Crippen molar-refractivity contribution in [3.63, 3.8) is 0 Å². The molecule has 7 rings (SSSR count). The Kier molecular flexibility index (Phi) is 7.78. The normalized spacial score (nSPS) is 39.0. The van der Waals surface area contributed by atoms with Gasteiger partial charge in [0.05, 0.1) is 41.5 Å². The number of carbonyl (C=O) groups excluding carboxylic acids is 1. The summed E-state index contributed by atoms with van der Waals surface area (Å²) in [6, 6.07) is 15.5. The van der Waals surface area contributed by atoms with Crippen LogP contribution in [0.1, 0.15) is 88.9 Å². The number of esters is 1. The van der Waals surface area contributed by atoms with E-state index in [0.717, 1.165) is 79.6 Å². The fourth-order valence-corrected chi connectivity index (χ4v) is 11.0. The highest BCUT2D eigenvalue weighted by Gasteiger charge is 2.65. The van der Waals surface area contributed by atoms with Gasteiger partial charge in [0.25, 0.3) is 0 Å². The lowest BCUT2D eigenvalue weighted by Crippen LogP contribution is -2.62. The average molecular weight is 600 g/mol. The lowest BCUT2D eigenvalue weighted by Gasteiger charge is -2.63. The van der Waals surface area contributed by atoms with Crippen molar-refractivity contribution in [3.8, 4) is 0 Å². The predicted octanol–water partition coefficient (Wildman–Crippen LogP) is 6.92. The third kappa shape index (κ3) is 4.70. The van der Waals surface area contributed by atoms with E-state index >= 15 is 0 Å². The molecule has 4 aliphatic carbocycles. The molecule has 6 heteroatoms. The smallest absolute Gasteiger partial charge is 0.339 e. The molecule has 0 aliphatic heterocycles. The van der Waals surface area contributed by atoms with Crippen LogP contribution in [0.5, 0.6) is 0 Å². The van der Waals surface area contributed by atoms with Crippen LogP contribution in [0.2, 0.25) is 0 Å². The predicted molar refractivity (Wildman–Crippen MR) is 172 cm³/mol. The van der Waals surface area contributed by atoms with Gasteiger partial charge >= 0.3 is 5.97 Å². The topological polar surface area (TPSA) is 99.9 Å². The maximum atomic E-state index is 13.4. The van der Waals surface area contributed by atoms with Crippen molar-refractivity contribution in [3.05, 3.63) is 54.1 Å².